The Kier molecular flexibility index (Phi) is 5.53. The Morgan fingerprint density at radius 2 is 2.24 bits per heavy atom. The third kappa shape index (κ3) is 4.44. The third-order valence-corrected chi connectivity index (χ3v) is 3.65. The molecule has 4 heteroatoms. The second kappa shape index (κ2) is 7.61. The lowest BCUT2D eigenvalue weighted by molar-refractivity contribution is -0.126. The molecule has 1 saturated heterocycles. The molecule has 1 aromatic rings. The molecule has 0 unspecified atom stereocenters. The van der Waals surface area contributed by atoms with Crippen molar-refractivity contribution >= 4 is 12.0 Å². The SMILES string of the molecule is CCN(C[C@H]1CCOC1)C(=O)/C=C\c1ccc(C#N)cc1. The number of likely N-dealkylation sites (N-methyl/N-ethyl adjacent to an activating group) is 1. The summed E-state index contributed by atoms with van der Waals surface area (Å²) in [5.41, 5.74) is 1.54. The number of benzene rings is 1. The number of nitriles is 1. The molecular formula is C17H20N2O2. The Hall–Kier alpha value is -2.12. The van der Waals surface area contributed by atoms with E-state index in [0.717, 1.165) is 31.7 Å². The summed E-state index contributed by atoms with van der Waals surface area (Å²) in [5, 5.41) is 8.75. The quantitative estimate of drug-likeness (QED) is 0.780. The van der Waals surface area contributed by atoms with E-state index in [1.807, 2.05) is 24.0 Å². The van der Waals surface area contributed by atoms with Crippen LogP contribution in [-0.2, 0) is 9.53 Å². The molecule has 1 aromatic carbocycles. The maximum absolute atomic E-state index is 12.2. The molecule has 1 atom stereocenters. The largest absolute Gasteiger partial charge is 0.381 e. The van der Waals surface area contributed by atoms with Gasteiger partial charge >= 0.3 is 0 Å². The third-order valence-electron chi connectivity index (χ3n) is 3.65. The second-order valence-electron chi connectivity index (χ2n) is 5.17. The highest BCUT2D eigenvalue weighted by Crippen LogP contribution is 2.14. The van der Waals surface area contributed by atoms with Crippen LogP contribution in [0.25, 0.3) is 6.08 Å². The highest BCUT2D eigenvalue weighted by molar-refractivity contribution is 5.91. The number of carbonyl (C=O) groups is 1. The lowest BCUT2D eigenvalue weighted by Crippen LogP contribution is -2.34. The van der Waals surface area contributed by atoms with Gasteiger partial charge in [-0.25, -0.2) is 0 Å². The first kappa shape index (κ1) is 15.3. The van der Waals surface area contributed by atoms with E-state index in [9.17, 15) is 4.79 Å². The molecule has 0 aromatic heterocycles. The van der Waals surface area contributed by atoms with Crippen molar-refractivity contribution in [3.63, 3.8) is 0 Å². The van der Waals surface area contributed by atoms with E-state index in [2.05, 4.69) is 6.07 Å². The zero-order valence-corrected chi connectivity index (χ0v) is 12.3. The van der Waals surface area contributed by atoms with Crippen LogP contribution < -0.4 is 0 Å². The standard InChI is InChI=1S/C17H20N2O2/c1-2-19(12-16-9-10-21-13-16)17(20)8-7-14-3-5-15(11-18)6-4-14/h3-8,16H,2,9-10,12-13H2,1H3/b8-7-/t16-/m1/s1. The number of amides is 1. The van der Waals surface area contributed by atoms with E-state index in [4.69, 9.17) is 10.00 Å². The number of hydrogen-bond acceptors (Lipinski definition) is 3. The Morgan fingerprint density at radius 1 is 1.48 bits per heavy atom. The molecule has 0 aliphatic carbocycles. The molecule has 1 heterocycles. The molecule has 1 amide bonds. The first-order chi connectivity index (χ1) is 10.2. The Bertz CT molecular complexity index is 537. The summed E-state index contributed by atoms with van der Waals surface area (Å²) in [4.78, 5) is 14.1. The van der Waals surface area contributed by atoms with Crippen molar-refractivity contribution in [2.75, 3.05) is 26.3 Å². The van der Waals surface area contributed by atoms with Crippen molar-refractivity contribution in [1.82, 2.24) is 4.90 Å². The molecule has 0 bridgehead atoms. The molecular weight excluding hydrogens is 264 g/mol. The summed E-state index contributed by atoms with van der Waals surface area (Å²) in [6, 6.07) is 9.24. The molecule has 1 aliphatic heterocycles. The van der Waals surface area contributed by atoms with E-state index in [1.165, 1.54) is 0 Å². The van der Waals surface area contributed by atoms with Crippen molar-refractivity contribution < 1.29 is 9.53 Å². The average molecular weight is 284 g/mol. The molecule has 0 spiro atoms. The smallest absolute Gasteiger partial charge is 0.246 e. The fourth-order valence-corrected chi connectivity index (χ4v) is 2.36. The maximum Gasteiger partial charge on any atom is 0.246 e. The molecule has 0 radical (unpaired) electrons. The zero-order valence-electron chi connectivity index (χ0n) is 12.3. The second-order valence-corrected chi connectivity index (χ2v) is 5.17. The van der Waals surface area contributed by atoms with Crippen LogP contribution in [0.5, 0.6) is 0 Å². The summed E-state index contributed by atoms with van der Waals surface area (Å²) in [6.45, 7) is 5.00. The van der Waals surface area contributed by atoms with Crippen LogP contribution in [0.3, 0.4) is 0 Å². The van der Waals surface area contributed by atoms with E-state index < -0.39 is 0 Å². The van der Waals surface area contributed by atoms with Crippen LogP contribution in [0.2, 0.25) is 0 Å². The van der Waals surface area contributed by atoms with Gasteiger partial charge in [0, 0.05) is 31.7 Å². The number of ether oxygens (including phenoxy) is 1. The van der Waals surface area contributed by atoms with Gasteiger partial charge in [0.1, 0.15) is 0 Å². The minimum atomic E-state index is 0.0220. The Labute approximate surface area is 125 Å². The summed E-state index contributed by atoms with van der Waals surface area (Å²) in [6.07, 6.45) is 4.42. The molecule has 110 valence electrons. The van der Waals surface area contributed by atoms with Gasteiger partial charge in [0.15, 0.2) is 0 Å². The van der Waals surface area contributed by atoms with Crippen molar-refractivity contribution in [2.45, 2.75) is 13.3 Å². The molecule has 1 fully saturated rings. The predicted molar refractivity (Wildman–Crippen MR) is 81.4 cm³/mol. The highest BCUT2D eigenvalue weighted by Gasteiger charge is 2.20. The van der Waals surface area contributed by atoms with Gasteiger partial charge in [0.05, 0.1) is 18.2 Å². The first-order valence-corrected chi connectivity index (χ1v) is 7.28. The predicted octanol–water partition coefficient (Wildman–Crippen LogP) is 2.46. The highest BCUT2D eigenvalue weighted by atomic mass is 16.5. The van der Waals surface area contributed by atoms with Crippen LogP contribution in [0, 0.1) is 17.2 Å². The number of carbonyl (C=O) groups excluding carboxylic acids is 1. The van der Waals surface area contributed by atoms with Gasteiger partial charge in [0.2, 0.25) is 5.91 Å². The lowest BCUT2D eigenvalue weighted by atomic mass is 10.1. The number of nitrogens with zero attached hydrogens (tertiary/aromatic N) is 2. The summed E-state index contributed by atoms with van der Waals surface area (Å²) in [5.74, 6) is 0.478. The van der Waals surface area contributed by atoms with Crippen molar-refractivity contribution in [2.24, 2.45) is 5.92 Å². The molecule has 21 heavy (non-hydrogen) atoms. The topological polar surface area (TPSA) is 53.3 Å². The van der Waals surface area contributed by atoms with E-state index in [0.29, 0.717) is 18.0 Å². The fraction of sp³-hybridized carbons (Fsp3) is 0.412. The van der Waals surface area contributed by atoms with Gasteiger partial charge in [-0.2, -0.15) is 5.26 Å². The monoisotopic (exact) mass is 284 g/mol. The maximum atomic E-state index is 12.2. The van der Waals surface area contributed by atoms with Crippen LogP contribution in [-0.4, -0.2) is 37.1 Å². The number of rotatable bonds is 5. The fourth-order valence-electron chi connectivity index (χ4n) is 2.36. The molecule has 2 rings (SSSR count). The van der Waals surface area contributed by atoms with Gasteiger partial charge < -0.3 is 9.64 Å². The molecule has 0 N–H and O–H groups in total. The normalized spacial score (nSPS) is 17.8. The van der Waals surface area contributed by atoms with Gasteiger partial charge in [0.25, 0.3) is 0 Å². The van der Waals surface area contributed by atoms with E-state index in [-0.39, 0.29) is 5.91 Å². The lowest BCUT2D eigenvalue weighted by Gasteiger charge is -2.22. The summed E-state index contributed by atoms with van der Waals surface area (Å²) in [7, 11) is 0. The van der Waals surface area contributed by atoms with Gasteiger partial charge in [-0.1, -0.05) is 12.1 Å². The van der Waals surface area contributed by atoms with Gasteiger partial charge in [-0.3, -0.25) is 4.79 Å². The minimum Gasteiger partial charge on any atom is -0.381 e. The Balaban J connectivity index is 1.93. The van der Waals surface area contributed by atoms with E-state index >= 15 is 0 Å². The van der Waals surface area contributed by atoms with E-state index in [1.54, 1.807) is 24.3 Å². The van der Waals surface area contributed by atoms with Crippen LogP contribution >= 0.6 is 0 Å². The van der Waals surface area contributed by atoms with Crippen molar-refractivity contribution in [3.8, 4) is 6.07 Å². The Morgan fingerprint density at radius 3 is 2.81 bits per heavy atom. The van der Waals surface area contributed by atoms with Crippen LogP contribution in [0.4, 0.5) is 0 Å². The van der Waals surface area contributed by atoms with Gasteiger partial charge in [-0.15, -0.1) is 0 Å². The summed E-state index contributed by atoms with van der Waals surface area (Å²) >= 11 is 0. The minimum absolute atomic E-state index is 0.0220. The number of hydrogen-bond donors (Lipinski definition) is 0. The molecule has 0 saturated carbocycles. The average Bonchev–Trinajstić information content (AvgIpc) is 3.03. The first-order valence-electron chi connectivity index (χ1n) is 7.28. The van der Waals surface area contributed by atoms with Crippen molar-refractivity contribution in [3.05, 3.63) is 41.5 Å². The molecule has 4 nitrogen and oxygen atoms in total. The zero-order chi connectivity index (χ0) is 15.1. The summed E-state index contributed by atoms with van der Waals surface area (Å²) < 4.78 is 5.35. The van der Waals surface area contributed by atoms with Crippen molar-refractivity contribution in [1.29, 1.82) is 5.26 Å². The van der Waals surface area contributed by atoms with Crippen LogP contribution in [0.1, 0.15) is 24.5 Å². The molecule has 1 aliphatic rings. The van der Waals surface area contributed by atoms with Crippen LogP contribution in [0.15, 0.2) is 30.3 Å². The van der Waals surface area contributed by atoms with Gasteiger partial charge in [-0.05, 0) is 37.1 Å².